The third-order valence-electron chi connectivity index (χ3n) is 3.76. The summed E-state index contributed by atoms with van der Waals surface area (Å²) in [5.41, 5.74) is 0.653. The molecule has 0 aromatic carbocycles. The first-order valence-electron chi connectivity index (χ1n) is 6.80. The van der Waals surface area contributed by atoms with Crippen LogP contribution in [-0.2, 0) is 10.8 Å². The lowest BCUT2D eigenvalue weighted by Crippen LogP contribution is -2.43. The lowest BCUT2D eigenvalue weighted by atomic mass is 10.2. The zero-order valence-electron chi connectivity index (χ0n) is 13.2. The van der Waals surface area contributed by atoms with Gasteiger partial charge in [-0.3, -0.25) is 0 Å². The van der Waals surface area contributed by atoms with Crippen molar-refractivity contribution in [2.24, 2.45) is 0 Å². The first-order valence-corrected chi connectivity index (χ1v) is 9.70. The zero-order valence-corrected chi connectivity index (χ0v) is 14.2. The predicted octanol–water partition coefficient (Wildman–Crippen LogP) is 3.90. The summed E-state index contributed by atoms with van der Waals surface area (Å²) in [6.07, 6.45) is 0.703. The molecule has 1 aromatic heterocycles. The van der Waals surface area contributed by atoms with Crippen LogP contribution in [0.15, 0.2) is 21.3 Å². The summed E-state index contributed by atoms with van der Waals surface area (Å²) in [5, 5.41) is 0.189. The highest BCUT2D eigenvalue weighted by molar-refractivity contribution is 6.74. The molecule has 108 valence electrons. The summed E-state index contributed by atoms with van der Waals surface area (Å²) in [7, 11) is -1.77. The molecule has 0 aliphatic heterocycles. The van der Waals surface area contributed by atoms with Crippen molar-refractivity contribution in [1.29, 1.82) is 0 Å². The molecule has 1 aromatic rings. The van der Waals surface area contributed by atoms with Gasteiger partial charge >= 0.3 is 5.63 Å². The minimum Gasteiger partial charge on any atom is -0.428 e. The Balaban J connectivity index is 2.75. The molecule has 0 saturated carbocycles. The maximum Gasteiger partial charge on any atom is 0.336 e. The fourth-order valence-corrected chi connectivity index (χ4v) is 3.22. The van der Waals surface area contributed by atoms with Gasteiger partial charge < -0.3 is 8.84 Å². The van der Waals surface area contributed by atoms with E-state index in [4.69, 9.17) is 8.84 Å². The summed E-state index contributed by atoms with van der Waals surface area (Å²) in [4.78, 5) is 11.3. The zero-order chi connectivity index (χ0) is 14.8. The third kappa shape index (κ3) is 4.62. The van der Waals surface area contributed by atoms with Gasteiger partial charge in [0.15, 0.2) is 8.32 Å². The summed E-state index contributed by atoms with van der Waals surface area (Å²) in [6, 6.07) is 3.41. The Morgan fingerprint density at radius 3 is 2.37 bits per heavy atom. The maximum atomic E-state index is 11.3. The highest BCUT2D eigenvalue weighted by Gasteiger charge is 2.38. The largest absolute Gasteiger partial charge is 0.428 e. The van der Waals surface area contributed by atoms with Crippen molar-refractivity contribution in [3.05, 3.63) is 33.9 Å². The van der Waals surface area contributed by atoms with Gasteiger partial charge in [0.2, 0.25) is 0 Å². The average Bonchev–Trinajstić information content (AvgIpc) is 2.11. The Kier molecular flexibility index (Phi) is 4.80. The molecule has 0 radical (unpaired) electrons. The molecule has 0 fully saturated rings. The number of aryl methyl sites for hydroxylation is 1. The molecule has 3 nitrogen and oxygen atoms in total. The van der Waals surface area contributed by atoms with E-state index in [1.165, 1.54) is 6.07 Å². The summed E-state index contributed by atoms with van der Waals surface area (Å²) in [5.74, 6) is 0.705. The second-order valence-electron chi connectivity index (χ2n) is 6.81. The molecule has 0 bridgehead atoms. The Bertz CT molecular complexity index is 483. The smallest absolute Gasteiger partial charge is 0.336 e. The molecule has 4 heteroatoms. The van der Waals surface area contributed by atoms with Crippen LogP contribution in [0.25, 0.3) is 0 Å². The van der Waals surface area contributed by atoms with Gasteiger partial charge in [-0.2, -0.15) is 0 Å². The van der Waals surface area contributed by atoms with Gasteiger partial charge in [0.05, 0.1) is 0 Å². The molecule has 0 N–H and O–H groups in total. The Hall–Kier alpha value is -0.873. The first-order chi connectivity index (χ1) is 8.51. The van der Waals surface area contributed by atoms with Crippen molar-refractivity contribution >= 4 is 8.32 Å². The van der Waals surface area contributed by atoms with Crippen molar-refractivity contribution in [1.82, 2.24) is 0 Å². The number of hydrogen-bond acceptors (Lipinski definition) is 3. The van der Waals surface area contributed by atoms with Crippen LogP contribution in [0.3, 0.4) is 0 Å². The summed E-state index contributed by atoms with van der Waals surface area (Å²) in [6.45, 7) is 15.1. The van der Waals surface area contributed by atoms with Crippen LogP contribution in [0.1, 0.15) is 39.0 Å². The van der Waals surface area contributed by atoms with Crippen molar-refractivity contribution < 1.29 is 8.84 Å². The van der Waals surface area contributed by atoms with E-state index in [1.54, 1.807) is 0 Å². The molecule has 1 atom stereocenters. The fourth-order valence-electron chi connectivity index (χ4n) is 1.77. The highest BCUT2D eigenvalue weighted by Crippen LogP contribution is 2.37. The van der Waals surface area contributed by atoms with Gasteiger partial charge in [0.1, 0.15) is 5.76 Å². The van der Waals surface area contributed by atoms with E-state index in [1.807, 2.05) is 19.9 Å². The predicted molar refractivity (Wildman–Crippen MR) is 81.2 cm³/mol. The molecular weight excluding hydrogens is 256 g/mol. The van der Waals surface area contributed by atoms with Gasteiger partial charge in [0, 0.05) is 18.6 Å². The van der Waals surface area contributed by atoms with E-state index in [0.29, 0.717) is 12.2 Å². The molecule has 1 heterocycles. The number of rotatable bonds is 4. The van der Waals surface area contributed by atoms with E-state index >= 15 is 0 Å². The quantitative estimate of drug-likeness (QED) is 0.786. The van der Waals surface area contributed by atoms with Gasteiger partial charge in [-0.15, -0.1) is 0 Å². The molecular formula is C15H26O3Si. The van der Waals surface area contributed by atoms with E-state index in [0.717, 1.165) is 5.56 Å². The average molecular weight is 282 g/mol. The molecule has 0 amide bonds. The Morgan fingerprint density at radius 1 is 1.32 bits per heavy atom. The lowest BCUT2D eigenvalue weighted by molar-refractivity contribution is 0.190. The van der Waals surface area contributed by atoms with Crippen LogP contribution in [0.4, 0.5) is 0 Å². The molecule has 0 unspecified atom stereocenters. The van der Waals surface area contributed by atoms with Gasteiger partial charge in [-0.25, -0.2) is 4.79 Å². The summed E-state index contributed by atoms with van der Waals surface area (Å²) < 4.78 is 11.5. The van der Waals surface area contributed by atoms with Crippen LogP contribution in [0, 0.1) is 6.92 Å². The van der Waals surface area contributed by atoms with Crippen molar-refractivity contribution in [3.8, 4) is 0 Å². The van der Waals surface area contributed by atoms with Crippen LogP contribution in [-0.4, -0.2) is 14.4 Å². The van der Waals surface area contributed by atoms with E-state index < -0.39 is 8.32 Å². The van der Waals surface area contributed by atoms with Crippen LogP contribution >= 0.6 is 0 Å². The first kappa shape index (κ1) is 16.2. The molecule has 0 aliphatic rings. The molecule has 0 spiro atoms. The summed E-state index contributed by atoms with van der Waals surface area (Å²) >= 11 is 0. The maximum absolute atomic E-state index is 11.3. The molecule has 19 heavy (non-hydrogen) atoms. The van der Waals surface area contributed by atoms with Crippen molar-refractivity contribution in [3.63, 3.8) is 0 Å². The van der Waals surface area contributed by atoms with Gasteiger partial charge in [-0.1, -0.05) is 20.8 Å². The molecule has 0 aliphatic carbocycles. The van der Waals surface area contributed by atoms with Crippen molar-refractivity contribution in [2.75, 3.05) is 0 Å². The van der Waals surface area contributed by atoms with Gasteiger partial charge in [-0.05, 0) is 43.6 Å². The normalized spacial score (nSPS) is 14.5. The van der Waals surface area contributed by atoms with Crippen molar-refractivity contribution in [2.45, 2.75) is 65.3 Å². The van der Waals surface area contributed by atoms with E-state index in [2.05, 4.69) is 33.9 Å². The van der Waals surface area contributed by atoms with Gasteiger partial charge in [0.25, 0.3) is 0 Å². The third-order valence-corrected chi connectivity index (χ3v) is 8.36. The second-order valence-corrected chi connectivity index (χ2v) is 11.6. The van der Waals surface area contributed by atoms with Crippen LogP contribution < -0.4 is 5.63 Å². The fraction of sp³-hybridized carbons (Fsp3) is 0.667. The lowest BCUT2D eigenvalue weighted by Gasteiger charge is -2.38. The topological polar surface area (TPSA) is 39.4 Å². The van der Waals surface area contributed by atoms with Crippen LogP contribution in [0.5, 0.6) is 0 Å². The second kappa shape index (κ2) is 5.63. The molecule has 1 rings (SSSR count). The SMILES string of the molecule is Cc1cc(C[C@H](C)O[Si](C)(C)C(C)(C)C)oc(=O)c1. The van der Waals surface area contributed by atoms with Crippen LogP contribution in [0.2, 0.25) is 18.1 Å². The molecule has 0 saturated heterocycles. The highest BCUT2D eigenvalue weighted by atomic mass is 28.4. The van der Waals surface area contributed by atoms with E-state index in [-0.39, 0.29) is 16.8 Å². The number of hydrogen-bond donors (Lipinski definition) is 0. The minimum atomic E-state index is -1.77. The monoisotopic (exact) mass is 282 g/mol. The minimum absolute atomic E-state index is 0.0610. The Morgan fingerprint density at radius 2 is 1.89 bits per heavy atom. The van der Waals surface area contributed by atoms with E-state index in [9.17, 15) is 4.79 Å². The standard InChI is InChI=1S/C15H26O3Si/c1-11-8-13(17-14(16)9-11)10-12(2)18-19(6,7)15(3,4)5/h8-9,12H,10H2,1-7H3/t12-/m0/s1. The Labute approximate surface area is 117 Å².